The predicted molar refractivity (Wildman–Crippen MR) is 109 cm³/mol. The molecule has 4 rings (SSSR count). The van der Waals surface area contributed by atoms with Crippen LogP contribution in [-0.4, -0.2) is 32.9 Å². The van der Waals surface area contributed by atoms with Gasteiger partial charge in [-0.25, -0.2) is 15.0 Å². The van der Waals surface area contributed by atoms with Crippen LogP contribution in [0.15, 0.2) is 39.5 Å². The van der Waals surface area contributed by atoms with E-state index in [-0.39, 0.29) is 16.9 Å². The molecule has 8 nitrogen and oxygen atoms in total. The van der Waals surface area contributed by atoms with Gasteiger partial charge in [0.15, 0.2) is 16.9 Å². The lowest BCUT2D eigenvalue weighted by Gasteiger charge is -2.10. The molecular formula is C20H16ClN5O3. The number of nitrogens with zero attached hydrogens (tertiary/aromatic N) is 3. The molecule has 0 atom stereocenters. The Balaban J connectivity index is 2.06. The van der Waals surface area contributed by atoms with Gasteiger partial charge in [0, 0.05) is 24.4 Å². The quantitative estimate of drug-likeness (QED) is 0.502. The Labute approximate surface area is 170 Å². The average molecular weight is 410 g/mol. The number of amides is 1. The zero-order valence-corrected chi connectivity index (χ0v) is 16.6. The Morgan fingerprint density at radius 3 is 2.55 bits per heavy atom. The minimum absolute atomic E-state index is 0.0939. The van der Waals surface area contributed by atoms with E-state index in [9.17, 15) is 9.59 Å². The van der Waals surface area contributed by atoms with Gasteiger partial charge >= 0.3 is 0 Å². The number of halogens is 1. The van der Waals surface area contributed by atoms with Crippen molar-refractivity contribution in [2.45, 2.75) is 13.8 Å². The summed E-state index contributed by atoms with van der Waals surface area (Å²) < 4.78 is 5.75. The largest absolute Gasteiger partial charge is 0.460 e. The first-order chi connectivity index (χ1) is 13.9. The average Bonchev–Trinajstić information content (AvgIpc) is 3.11. The standard InChI is InChI=1S/C20H16ClN5O3/c1-9-6-11(7-15(21)23-9)16-18(14-5-4-10(2)29-14)26-19-17(25-16)13(27)8-12(24-19)20(28)22-3/h4-8H,1-3H3,(H,22,28)(H,24,26,27). The Morgan fingerprint density at radius 2 is 1.90 bits per heavy atom. The molecule has 4 aromatic heterocycles. The van der Waals surface area contributed by atoms with Crippen LogP contribution in [0.3, 0.4) is 0 Å². The van der Waals surface area contributed by atoms with E-state index in [4.69, 9.17) is 16.0 Å². The number of aromatic nitrogens is 4. The molecule has 0 aromatic carbocycles. The van der Waals surface area contributed by atoms with Crippen LogP contribution < -0.4 is 10.7 Å². The summed E-state index contributed by atoms with van der Waals surface area (Å²) in [7, 11) is 1.48. The Bertz CT molecular complexity index is 1310. The summed E-state index contributed by atoms with van der Waals surface area (Å²) >= 11 is 6.13. The third kappa shape index (κ3) is 3.50. The van der Waals surface area contributed by atoms with Gasteiger partial charge in [0.05, 0.1) is 0 Å². The van der Waals surface area contributed by atoms with Gasteiger partial charge in [-0.15, -0.1) is 0 Å². The smallest absolute Gasteiger partial charge is 0.267 e. The molecule has 4 aromatic rings. The molecular weight excluding hydrogens is 394 g/mol. The van der Waals surface area contributed by atoms with Gasteiger partial charge in [0.2, 0.25) is 5.43 Å². The summed E-state index contributed by atoms with van der Waals surface area (Å²) in [4.78, 5) is 40.8. The van der Waals surface area contributed by atoms with Gasteiger partial charge < -0.3 is 14.7 Å². The van der Waals surface area contributed by atoms with Crippen molar-refractivity contribution < 1.29 is 9.21 Å². The topological polar surface area (TPSA) is 114 Å². The molecule has 0 spiro atoms. The van der Waals surface area contributed by atoms with Crippen molar-refractivity contribution in [3.8, 4) is 22.7 Å². The first-order valence-electron chi connectivity index (χ1n) is 8.74. The minimum Gasteiger partial charge on any atom is -0.460 e. The van der Waals surface area contributed by atoms with Gasteiger partial charge in [-0.1, -0.05) is 11.6 Å². The van der Waals surface area contributed by atoms with Crippen molar-refractivity contribution in [2.75, 3.05) is 7.05 Å². The number of rotatable bonds is 3. The number of furan rings is 1. The van der Waals surface area contributed by atoms with Crippen LogP contribution in [0.4, 0.5) is 0 Å². The van der Waals surface area contributed by atoms with Crippen molar-refractivity contribution in [3.63, 3.8) is 0 Å². The highest BCUT2D eigenvalue weighted by atomic mass is 35.5. The second kappa shape index (κ2) is 7.14. The fourth-order valence-electron chi connectivity index (χ4n) is 3.01. The number of carbonyl (C=O) groups excluding carboxylic acids is 1. The van der Waals surface area contributed by atoms with E-state index >= 15 is 0 Å². The van der Waals surface area contributed by atoms with Crippen molar-refractivity contribution in [1.29, 1.82) is 0 Å². The lowest BCUT2D eigenvalue weighted by Crippen LogP contribution is -2.22. The SMILES string of the molecule is CNC(=O)c1cc(=O)c2nc(-c3cc(C)nc(Cl)c3)c(-c3ccc(C)o3)nc2[nH]1. The summed E-state index contributed by atoms with van der Waals surface area (Å²) in [5.74, 6) is 0.745. The molecule has 0 saturated heterocycles. The zero-order valence-electron chi connectivity index (χ0n) is 15.8. The highest BCUT2D eigenvalue weighted by molar-refractivity contribution is 6.29. The van der Waals surface area contributed by atoms with E-state index in [2.05, 4.69) is 25.3 Å². The van der Waals surface area contributed by atoms with Gasteiger partial charge in [-0.3, -0.25) is 9.59 Å². The van der Waals surface area contributed by atoms with E-state index in [0.717, 1.165) is 0 Å². The van der Waals surface area contributed by atoms with Crippen LogP contribution in [0.5, 0.6) is 0 Å². The highest BCUT2D eigenvalue weighted by Crippen LogP contribution is 2.32. The van der Waals surface area contributed by atoms with Crippen molar-refractivity contribution >= 4 is 28.7 Å². The number of H-pyrrole nitrogens is 1. The van der Waals surface area contributed by atoms with Crippen LogP contribution in [0, 0.1) is 13.8 Å². The molecule has 0 bridgehead atoms. The third-order valence-electron chi connectivity index (χ3n) is 4.30. The van der Waals surface area contributed by atoms with Gasteiger partial charge in [0.1, 0.15) is 28.0 Å². The second-order valence-electron chi connectivity index (χ2n) is 6.47. The van der Waals surface area contributed by atoms with Gasteiger partial charge in [-0.05, 0) is 38.1 Å². The Morgan fingerprint density at radius 1 is 1.10 bits per heavy atom. The molecule has 0 fully saturated rings. The molecule has 0 aliphatic rings. The number of aromatic amines is 1. The predicted octanol–water partition coefficient (Wildman–Crippen LogP) is 3.27. The molecule has 1 amide bonds. The molecule has 29 heavy (non-hydrogen) atoms. The van der Waals surface area contributed by atoms with E-state index in [1.165, 1.54) is 13.1 Å². The van der Waals surface area contributed by atoms with Crippen molar-refractivity contribution in [2.24, 2.45) is 0 Å². The number of hydrogen-bond donors (Lipinski definition) is 2. The van der Waals surface area contributed by atoms with E-state index in [1.54, 1.807) is 24.3 Å². The van der Waals surface area contributed by atoms with Gasteiger partial charge in [0.25, 0.3) is 5.91 Å². The summed E-state index contributed by atoms with van der Waals surface area (Å²) in [5, 5.41) is 2.77. The zero-order chi connectivity index (χ0) is 20.7. The fraction of sp³-hybridized carbons (Fsp3) is 0.150. The molecule has 0 aliphatic carbocycles. The fourth-order valence-corrected chi connectivity index (χ4v) is 3.26. The van der Waals surface area contributed by atoms with Crippen LogP contribution in [-0.2, 0) is 0 Å². The third-order valence-corrected chi connectivity index (χ3v) is 4.49. The molecule has 4 heterocycles. The number of pyridine rings is 2. The number of carbonyl (C=O) groups is 1. The molecule has 0 saturated carbocycles. The van der Waals surface area contributed by atoms with E-state index in [0.29, 0.717) is 39.3 Å². The van der Waals surface area contributed by atoms with E-state index < -0.39 is 11.3 Å². The maximum Gasteiger partial charge on any atom is 0.267 e. The highest BCUT2D eigenvalue weighted by Gasteiger charge is 2.19. The summed E-state index contributed by atoms with van der Waals surface area (Å²) in [6.07, 6.45) is 0. The van der Waals surface area contributed by atoms with E-state index in [1.807, 2.05) is 13.8 Å². The number of aryl methyl sites for hydroxylation is 2. The van der Waals surface area contributed by atoms with Gasteiger partial charge in [-0.2, -0.15) is 0 Å². The maximum absolute atomic E-state index is 12.6. The number of hydrogen-bond acceptors (Lipinski definition) is 6. The summed E-state index contributed by atoms with van der Waals surface area (Å²) in [5.41, 5.74) is 2.14. The molecule has 9 heteroatoms. The normalized spacial score (nSPS) is 11.0. The molecule has 0 aliphatic heterocycles. The maximum atomic E-state index is 12.6. The summed E-state index contributed by atoms with van der Waals surface area (Å²) in [6.45, 7) is 3.62. The molecule has 2 N–H and O–H groups in total. The molecule has 0 unspecified atom stereocenters. The van der Waals surface area contributed by atoms with Crippen LogP contribution in [0.1, 0.15) is 21.9 Å². The van der Waals surface area contributed by atoms with Crippen LogP contribution >= 0.6 is 11.6 Å². The molecule has 0 radical (unpaired) electrons. The van der Waals surface area contributed by atoms with Crippen molar-refractivity contribution in [1.82, 2.24) is 25.3 Å². The first kappa shape index (κ1) is 18.8. The second-order valence-corrected chi connectivity index (χ2v) is 6.86. The lowest BCUT2D eigenvalue weighted by molar-refractivity contribution is 0.0958. The van der Waals surface area contributed by atoms with Crippen molar-refractivity contribution in [3.05, 3.63) is 62.9 Å². The monoisotopic (exact) mass is 409 g/mol. The Kier molecular flexibility index (Phi) is 4.63. The van der Waals surface area contributed by atoms with Crippen LogP contribution in [0.25, 0.3) is 33.9 Å². The molecule has 146 valence electrons. The lowest BCUT2D eigenvalue weighted by atomic mass is 10.1. The summed E-state index contributed by atoms with van der Waals surface area (Å²) in [6, 6.07) is 8.22. The first-order valence-corrected chi connectivity index (χ1v) is 9.12. The Hall–Kier alpha value is -3.52. The number of nitrogens with one attached hydrogen (secondary N) is 2. The minimum atomic E-state index is -0.429. The number of fused-ring (bicyclic) bond motifs is 1. The van der Waals surface area contributed by atoms with Crippen LogP contribution in [0.2, 0.25) is 5.15 Å².